The molecule has 2 N–H and O–H groups in total. The first kappa shape index (κ1) is 30.1. The maximum Gasteiger partial charge on any atom is 0.449 e. The molecule has 0 aliphatic rings. The molecule has 12 heteroatoms. The lowest BCUT2D eigenvalue weighted by atomic mass is 10.2. The highest BCUT2D eigenvalue weighted by Gasteiger charge is 2.34. The van der Waals surface area contributed by atoms with Crippen LogP contribution in [0.25, 0.3) is 21.8 Å². The molecular weight excluding hydrogens is 591 g/mol. The summed E-state index contributed by atoms with van der Waals surface area (Å²) in [5.41, 5.74) is 6.21. The van der Waals surface area contributed by atoms with Crippen LogP contribution in [0.5, 0.6) is 0 Å². The topological polar surface area (TPSA) is 94.1 Å². The Hall–Kier alpha value is -5.36. The average Bonchev–Trinajstić information content (AvgIpc) is 3.82. The van der Waals surface area contributed by atoms with Crippen molar-refractivity contribution >= 4 is 56.3 Å². The molecule has 0 aliphatic heterocycles. The van der Waals surface area contributed by atoms with Crippen molar-refractivity contribution in [2.75, 3.05) is 10.6 Å². The van der Waals surface area contributed by atoms with Crippen molar-refractivity contribution in [2.45, 2.75) is 19.3 Å². The van der Waals surface area contributed by atoms with Gasteiger partial charge in [-0.25, -0.2) is 4.98 Å². The number of fused-ring (bicyclic) bond motifs is 2. The Bertz CT molecular complexity index is 1950. The zero-order valence-electron chi connectivity index (χ0n) is 23.2. The summed E-state index contributed by atoms with van der Waals surface area (Å²) in [7, 11) is 0. The smallest absolute Gasteiger partial charge is 0.449 e. The van der Waals surface area contributed by atoms with E-state index in [1.807, 2.05) is 47.4 Å². The van der Waals surface area contributed by atoms with Crippen molar-refractivity contribution in [1.29, 1.82) is 0 Å². The fourth-order valence-electron chi connectivity index (χ4n) is 4.49. The third kappa shape index (κ3) is 7.16. The number of nitrogens with one attached hydrogen (secondary N) is 2. The highest BCUT2D eigenvalue weighted by molar-refractivity contribution is 7.07. The Labute approximate surface area is 253 Å². The summed E-state index contributed by atoms with van der Waals surface area (Å²) in [6, 6.07) is 17.2. The number of hydrogen-bond acceptors (Lipinski definition) is 5. The van der Waals surface area contributed by atoms with Crippen molar-refractivity contribution in [1.82, 2.24) is 14.1 Å². The third-order valence-corrected chi connectivity index (χ3v) is 7.17. The normalized spacial score (nSPS) is 11.2. The maximum absolute atomic E-state index is 12.6. The van der Waals surface area contributed by atoms with Crippen molar-refractivity contribution in [2.24, 2.45) is 0 Å². The number of carbonyl (C=O) groups is 2. The predicted molar refractivity (Wildman–Crippen MR) is 166 cm³/mol. The van der Waals surface area contributed by atoms with Crippen LogP contribution in [0.3, 0.4) is 0 Å². The quantitative estimate of drug-likeness (QED) is 0.171. The lowest BCUT2D eigenvalue weighted by Gasteiger charge is -2.06. The Morgan fingerprint density at radius 3 is 1.89 bits per heavy atom. The molecule has 44 heavy (non-hydrogen) atoms. The third-order valence-electron chi connectivity index (χ3n) is 6.53. The zero-order chi connectivity index (χ0) is 31.3. The van der Waals surface area contributed by atoms with Crippen LogP contribution >= 0.6 is 11.3 Å². The van der Waals surface area contributed by atoms with E-state index in [1.165, 1.54) is 18.2 Å². The standard InChI is InChI=1S/C17H13F3N2O2.C15H13N3OS/c1-2-16(23)21-12-3-5-14-11(9-12)7-8-22(14)10-13-4-6-15(24-13)17(18,19)20;1-2-15(19)17-12-3-4-14-11(7-12)5-6-18(14)8-13-9-20-10-16-13/h2-9H,1,10H2,(H,21,23);2-7,9-10H,1,8H2,(H,17,19). The van der Waals surface area contributed by atoms with Crippen molar-refractivity contribution < 1.29 is 27.2 Å². The molecule has 0 saturated carbocycles. The van der Waals surface area contributed by atoms with Crippen molar-refractivity contribution in [3.8, 4) is 0 Å². The van der Waals surface area contributed by atoms with E-state index in [1.54, 1.807) is 40.3 Å². The van der Waals surface area contributed by atoms with E-state index in [0.29, 0.717) is 5.69 Å². The van der Waals surface area contributed by atoms with Crippen LogP contribution < -0.4 is 10.6 Å². The minimum atomic E-state index is -4.49. The minimum Gasteiger partial charge on any atom is -0.455 e. The first-order valence-electron chi connectivity index (χ1n) is 13.2. The Morgan fingerprint density at radius 1 is 0.841 bits per heavy atom. The van der Waals surface area contributed by atoms with Gasteiger partial charge in [0.2, 0.25) is 17.6 Å². The molecule has 0 bridgehead atoms. The van der Waals surface area contributed by atoms with Gasteiger partial charge >= 0.3 is 6.18 Å². The van der Waals surface area contributed by atoms with Crippen LogP contribution in [0.4, 0.5) is 24.5 Å². The summed E-state index contributed by atoms with van der Waals surface area (Å²) < 4.78 is 46.5. The second-order valence-electron chi connectivity index (χ2n) is 9.56. The number of rotatable bonds is 8. The number of carbonyl (C=O) groups excluding carboxylic acids is 2. The van der Waals surface area contributed by atoms with Gasteiger partial charge in [-0.05, 0) is 72.8 Å². The lowest BCUT2D eigenvalue weighted by molar-refractivity contribution is -0.153. The summed E-state index contributed by atoms with van der Waals surface area (Å²) >= 11 is 1.60. The molecule has 0 fully saturated rings. The second-order valence-corrected chi connectivity index (χ2v) is 10.3. The molecule has 0 spiro atoms. The number of hydrogen-bond donors (Lipinski definition) is 2. The van der Waals surface area contributed by atoms with Gasteiger partial charge in [0.25, 0.3) is 0 Å². The predicted octanol–water partition coefficient (Wildman–Crippen LogP) is 7.70. The van der Waals surface area contributed by atoms with Crippen LogP contribution in [-0.4, -0.2) is 25.9 Å². The highest BCUT2D eigenvalue weighted by atomic mass is 32.1. The van der Waals surface area contributed by atoms with Gasteiger partial charge < -0.3 is 24.2 Å². The molecule has 8 nitrogen and oxygen atoms in total. The van der Waals surface area contributed by atoms with Crippen LogP contribution in [-0.2, 0) is 28.9 Å². The van der Waals surface area contributed by atoms with Crippen molar-refractivity contribution in [3.05, 3.63) is 126 Å². The zero-order valence-corrected chi connectivity index (χ0v) is 24.0. The molecule has 2 amide bonds. The fraction of sp³-hybridized carbons (Fsp3) is 0.0938. The van der Waals surface area contributed by atoms with E-state index in [9.17, 15) is 22.8 Å². The van der Waals surface area contributed by atoms with Crippen LogP contribution in [0.15, 0.2) is 114 Å². The number of benzene rings is 2. The molecule has 6 rings (SSSR count). The number of alkyl halides is 3. The van der Waals surface area contributed by atoms with Gasteiger partial charge in [-0.3, -0.25) is 9.59 Å². The molecular formula is C32H26F3N5O3S. The van der Waals surface area contributed by atoms with Gasteiger partial charge in [-0.15, -0.1) is 11.3 Å². The van der Waals surface area contributed by atoms with Crippen LogP contribution in [0.1, 0.15) is 17.2 Å². The van der Waals surface area contributed by atoms with E-state index < -0.39 is 11.9 Å². The molecule has 0 saturated heterocycles. The van der Waals surface area contributed by atoms with E-state index in [4.69, 9.17) is 4.42 Å². The number of halogens is 3. The molecule has 4 aromatic heterocycles. The lowest BCUT2D eigenvalue weighted by Crippen LogP contribution is -2.07. The van der Waals surface area contributed by atoms with Gasteiger partial charge in [0.1, 0.15) is 5.76 Å². The minimum absolute atomic E-state index is 0.179. The van der Waals surface area contributed by atoms with Gasteiger partial charge in [-0.1, -0.05) is 13.2 Å². The molecule has 6 aromatic rings. The molecule has 224 valence electrons. The molecule has 4 heterocycles. The first-order valence-corrected chi connectivity index (χ1v) is 14.1. The number of amides is 2. The number of anilines is 2. The summed E-state index contributed by atoms with van der Waals surface area (Å²) in [6.07, 6.45) is 1.72. The molecule has 0 atom stereocenters. The Morgan fingerprint density at radius 2 is 1.41 bits per heavy atom. The number of nitrogens with zero attached hydrogens (tertiary/aromatic N) is 3. The highest BCUT2D eigenvalue weighted by Crippen LogP contribution is 2.31. The number of thiazole rings is 1. The molecule has 0 unspecified atom stereocenters. The van der Waals surface area contributed by atoms with E-state index in [-0.39, 0.29) is 24.1 Å². The Balaban J connectivity index is 0.000000177. The summed E-state index contributed by atoms with van der Waals surface area (Å²) in [6.45, 7) is 7.76. The van der Waals surface area contributed by atoms with E-state index >= 15 is 0 Å². The molecule has 0 aliphatic carbocycles. The van der Waals surface area contributed by atoms with Crippen molar-refractivity contribution in [3.63, 3.8) is 0 Å². The largest absolute Gasteiger partial charge is 0.455 e. The summed E-state index contributed by atoms with van der Waals surface area (Å²) in [5.74, 6) is -1.32. The van der Waals surface area contributed by atoms with Crippen LogP contribution in [0, 0.1) is 0 Å². The number of aromatic nitrogens is 3. The molecule has 2 aromatic carbocycles. The number of furan rings is 1. The van der Waals surface area contributed by atoms with Gasteiger partial charge in [-0.2, -0.15) is 13.2 Å². The van der Waals surface area contributed by atoms with Crippen LogP contribution in [0.2, 0.25) is 0 Å². The van der Waals surface area contributed by atoms with E-state index in [0.717, 1.165) is 45.8 Å². The average molecular weight is 618 g/mol. The SMILES string of the molecule is C=CC(=O)Nc1ccc2c(ccn2Cc2ccc(C(F)(F)F)o2)c1.C=CC(=O)Nc1ccc2c(ccn2Cc2cscn2)c1. The van der Waals surface area contributed by atoms with Gasteiger partial charge in [0.05, 0.1) is 24.3 Å². The maximum atomic E-state index is 12.6. The molecule has 0 radical (unpaired) electrons. The monoisotopic (exact) mass is 617 g/mol. The second kappa shape index (κ2) is 12.9. The summed E-state index contributed by atoms with van der Waals surface area (Å²) in [4.78, 5) is 26.9. The van der Waals surface area contributed by atoms with Gasteiger partial charge in [0.15, 0.2) is 0 Å². The first-order chi connectivity index (χ1) is 21.1. The fourth-order valence-corrected chi connectivity index (χ4v) is 5.04. The Kier molecular flexibility index (Phi) is 8.81. The van der Waals surface area contributed by atoms with Gasteiger partial charge in [0, 0.05) is 51.0 Å². The summed E-state index contributed by atoms with van der Waals surface area (Å²) in [5, 5.41) is 9.39. The van der Waals surface area contributed by atoms with E-state index in [2.05, 4.69) is 33.3 Å².